The van der Waals surface area contributed by atoms with E-state index in [1.807, 2.05) is 6.92 Å². The van der Waals surface area contributed by atoms with Crippen LogP contribution < -0.4 is 9.98 Å². The molecule has 0 amide bonds. The van der Waals surface area contributed by atoms with E-state index in [0.717, 1.165) is 24.7 Å². The van der Waals surface area contributed by atoms with E-state index in [2.05, 4.69) is 36.6 Å². The molecule has 0 aromatic rings. The minimum Gasteiger partial charge on any atom is -0.316 e. The molecule has 0 aromatic heterocycles. The molecule has 0 radical (unpaired) electrons. The quantitative estimate of drug-likeness (QED) is 0.508. The van der Waals surface area contributed by atoms with Crippen LogP contribution >= 0.6 is 0 Å². The molecule has 1 aliphatic rings. The summed E-state index contributed by atoms with van der Waals surface area (Å²) in [6, 6.07) is 0. The Hall–Kier alpha value is -0.850. The first-order valence-corrected chi connectivity index (χ1v) is 4.88. The summed E-state index contributed by atoms with van der Waals surface area (Å²) in [6.07, 6.45) is 2.10. The van der Waals surface area contributed by atoms with Crippen molar-refractivity contribution >= 4 is 12.4 Å². The Morgan fingerprint density at radius 2 is 2.23 bits per heavy atom. The van der Waals surface area contributed by atoms with Crippen LogP contribution in [0.25, 0.3) is 0 Å². The van der Waals surface area contributed by atoms with E-state index in [-0.39, 0.29) is 0 Å². The predicted octanol–water partition coefficient (Wildman–Crippen LogP) is 1.02. The van der Waals surface area contributed by atoms with Gasteiger partial charge in [-0.2, -0.15) is 0 Å². The second kappa shape index (κ2) is 4.40. The maximum absolute atomic E-state index is 4.13. The van der Waals surface area contributed by atoms with Gasteiger partial charge in [0, 0.05) is 18.7 Å². The van der Waals surface area contributed by atoms with Gasteiger partial charge in [0.15, 0.2) is 0 Å². The topological polar surface area (TPSA) is 26.1 Å². The lowest BCUT2D eigenvalue weighted by molar-refractivity contribution is 0.298. The van der Waals surface area contributed by atoms with Crippen molar-refractivity contribution in [1.29, 1.82) is 0 Å². The van der Waals surface area contributed by atoms with Crippen LogP contribution in [0.2, 0.25) is 0 Å². The van der Waals surface area contributed by atoms with Gasteiger partial charge in [0.25, 0.3) is 6.72 Å². The van der Waals surface area contributed by atoms with Crippen molar-refractivity contribution in [3.8, 4) is 0 Å². The Kier molecular flexibility index (Phi) is 3.47. The number of rotatable bonds is 3. The van der Waals surface area contributed by atoms with E-state index in [1.54, 1.807) is 0 Å². The van der Waals surface area contributed by atoms with Crippen LogP contribution in [-0.2, 0) is 0 Å². The molecule has 0 spiro atoms. The molecule has 1 aliphatic heterocycles. The largest absolute Gasteiger partial charge is 0.316 e. The molecule has 1 N–H and O–H groups in total. The molecule has 1 saturated heterocycles. The van der Waals surface area contributed by atoms with Gasteiger partial charge in [-0.3, -0.25) is 0 Å². The lowest BCUT2D eigenvalue weighted by atomic mass is 9.83. The fraction of sp³-hybridized carbons (Fsp3) is 0.636. The van der Waals surface area contributed by atoms with Gasteiger partial charge in [-0.15, -0.1) is 4.67 Å². The summed E-state index contributed by atoms with van der Waals surface area (Å²) < 4.78 is 4.13. The lowest BCUT2D eigenvalue weighted by Crippen LogP contribution is -2.47. The summed E-state index contributed by atoms with van der Waals surface area (Å²) in [5.41, 5.74) is 2.42. The van der Waals surface area contributed by atoms with E-state index in [9.17, 15) is 0 Å². The summed E-state index contributed by atoms with van der Waals surface area (Å²) in [7, 11) is 0. The SMILES string of the molecule is C=[N+]=C(C(C)=CC)C(C)C1CNC1. The zero-order valence-electron chi connectivity index (χ0n) is 8.80. The highest BCUT2D eigenvalue weighted by Crippen LogP contribution is 2.19. The molecule has 2 nitrogen and oxygen atoms in total. The third-order valence-corrected chi connectivity index (χ3v) is 2.96. The number of hydrogen-bond acceptors (Lipinski definition) is 1. The summed E-state index contributed by atoms with van der Waals surface area (Å²) in [5.74, 6) is 1.28. The molecule has 1 rings (SSSR count). The summed E-state index contributed by atoms with van der Waals surface area (Å²) in [5, 5.41) is 3.28. The van der Waals surface area contributed by atoms with Crippen molar-refractivity contribution < 1.29 is 0 Å². The molecule has 0 aliphatic carbocycles. The summed E-state index contributed by atoms with van der Waals surface area (Å²) in [6.45, 7) is 12.3. The highest BCUT2D eigenvalue weighted by Gasteiger charge is 2.32. The Balaban J connectivity index is 2.72. The molecule has 2 heteroatoms. The predicted molar refractivity (Wildman–Crippen MR) is 59.2 cm³/mol. The molecule has 1 heterocycles. The standard InChI is InChI=1S/C11H19N2/c1-5-8(2)11(12-4)9(3)10-6-13-7-10/h5,9-10,13H,4,6-7H2,1-3H3/q+1. The van der Waals surface area contributed by atoms with E-state index in [0.29, 0.717) is 5.92 Å². The van der Waals surface area contributed by atoms with E-state index >= 15 is 0 Å². The van der Waals surface area contributed by atoms with E-state index in [1.165, 1.54) is 5.57 Å². The molecule has 1 fully saturated rings. The van der Waals surface area contributed by atoms with Gasteiger partial charge in [0.05, 0.1) is 5.92 Å². The van der Waals surface area contributed by atoms with Gasteiger partial charge in [-0.1, -0.05) is 13.0 Å². The van der Waals surface area contributed by atoms with Crippen LogP contribution in [-0.4, -0.2) is 25.5 Å². The first-order valence-electron chi connectivity index (χ1n) is 4.88. The van der Waals surface area contributed by atoms with Crippen molar-refractivity contribution in [2.75, 3.05) is 13.1 Å². The monoisotopic (exact) mass is 179 g/mol. The number of hydrogen-bond donors (Lipinski definition) is 1. The normalized spacial score (nSPS) is 20.4. The average Bonchev–Trinajstić information content (AvgIpc) is 2.02. The van der Waals surface area contributed by atoms with Crippen LogP contribution in [0.1, 0.15) is 20.8 Å². The first-order chi connectivity index (χ1) is 6.20. The molecule has 1 unspecified atom stereocenters. The third-order valence-electron chi connectivity index (χ3n) is 2.96. The van der Waals surface area contributed by atoms with Crippen LogP contribution in [0.3, 0.4) is 0 Å². The van der Waals surface area contributed by atoms with Gasteiger partial charge in [0.1, 0.15) is 0 Å². The fourth-order valence-corrected chi connectivity index (χ4v) is 1.66. The van der Waals surface area contributed by atoms with Gasteiger partial charge < -0.3 is 5.32 Å². The van der Waals surface area contributed by atoms with Crippen molar-refractivity contribution in [2.45, 2.75) is 20.8 Å². The number of allylic oxidation sites excluding steroid dienone is 2. The van der Waals surface area contributed by atoms with Crippen LogP contribution in [0.15, 0.2) is 11.6 Å². The van der Waals surface area contributed by atoms with Crippen molar-refractivity contribution in [3.63, 3.8) is 0 Å². The highest BCUT2D eigenvalue weighted by atomic mass is 15.0. The number of nitrogens with one attached hydrogen (secondary N) is 1. The molecule has 0 saturated carbocycles. The molecule has 0 bridgehead atoms. The van der Waals surface area contributed by atoms with Gasteiger partial charge in [-0.05, 0) is 19.8 Å². The summed E-state index contributed by atoms with van der Waals surface area (Å²) >= 11 is 0. The minimum atomic E-state index is 0.537. The second-order valence-corrected chi connectivity index (χ2v) is 3.72. The maximum atomic E-state index is 4.13. The Bertz CT molecular complexity index is 255. The second-order valence-electron chi connectivity index (χ2n) is 3.72. The van der Waals surface area contributed by atoms with Crippen molar-refractivity contribution in [2.24, 2.45) is 11.8 Å². The van der Waals surface area contributed by atoms with Crippen LogP contribution in [0.5, 0.6) is 0 Å². The molecular weight excluding hydrogens is 160 g/mol. The van der Waals surface area contributed by atoms with Crippen LogP contribution in [0.4, 0.5) is 0 Å². The van der Waals surface area contributed by atoms with Gasteiger partial charge in [-0.25, -0.2) is 0 Å². The maximum Gasteiger partial charge on any atom is 0.308 e. The Morgan fingerprint density at radius 3 is 2.54 bits per heavy atom. The van der Waals surface area contributed by atoms with E-state index < -0.39 is 0 Å². The molecule has 13 heavy (non-hydrogen) atoms. The fourth-order valence-electron chi connectivity index (χ4n) is 1.66. The lowest BCUT2D eigenvalue weighted by Gasteiger charge is -2.30. The Morgan fingerprint density at radius 1 is 1.62 bits per heavy atom. The zero-order chi connectivity index (χ0) is 9.84. The van der Waals surface area contributed by atoms with Gasteiger partial charge >= 0.3 is 5.71 Å². The zero-order valence-corrected chi connectivity index (χ0v) is 8.80. The minimum absolute atomic E-state index is 0.537. The average molecular weight is 179 g/mol. The smallest absolute Gasteiger partial charge is 0.308 e. The molecule has 0 aromatic carbocycles. The molecule has 72 valence electrons. The highest BCUT2D eigenvalue weighted by molar-refractivity contribution is 6.01. The van der Waals surface area contributed by atoms with E-state index in [4.69, 9.17) is 0 Å². The Labute approximate surface area is 80.5 Å². The summed E-state index contributed by atoms with van der Waals surface area (Å²) in [4.78, 5) is 0. The van der Waals surface area contributed by atoms with Crippen LogP contribution in [0, 0.1) is 11.8 Å². The van der Waals surface area contributed by atoms with Crippen molar-refractivity contribution in [1.82, 2.24) is 9.98 Å². The molecule has 1 atom stereocenters. The third kappa shape index (κ3) is 2.09. The first kappa shape index (κ1) is 10.2. The van der Waals surface area contributed by atoms with Gasteiger partial charge in [0.2, 0.25) is 0 Å². The van der Waals surface area contributed by atoms with Crippen molar-refractivity contribution in [3.05, 3.63) is 11.6 Å². The number of nitrogens with zero attached hydrogens (tertiary/aromatic N) is 1. The molecular formula is C11H19N2+.